The Hall–Kier alpha value is -3.41. The minimum atomic E-state index is -0.782. The van der Waals surface area contributed by atoms with Gasteiger partial charge in [0.25, 0.3) is 0 Å². The second-order valence-corrected chi connectivity index (χ2v) is 22.4. The Bertz CT molecular complexity index is 1480. The number of unbranched alkanes of at least 4 members (excludes halogenated alkanes) is 36. The molecule has 0 bridgehead atoms. The maximum absolute atomic E-state index is 12.9. The zero-order chi connectivity index (χ0) is 56.4. The lowest BCUT2D eigenvalue weighted by Crippen LogP contribution is -2.30. The topological polar surface area (TPSA) is 78.9 Å². The number of ether oxygens (including phenoxy) is 3. The average Bonchev–Trinajstić information content (AvgIpc) is 3.44. The molecule has 78 heavy (non-hydrogen) atoms. The molecular formula is C72H126O6. The molecule has 0 aliphatic heterocycles. The smallest absolute Gasteiger partial charge is 0.306 e. The van der Waals surface area contributed by atoms with E-state index < -0.39 is 6.10 Å². The molecule has 1 unspecified atom stereocenters. The molecule has 0 radical (unpaired) electrons. The van der Waals surface area contributed by atoms with Crippen LogP contribution >= 0.6 is 0 Å². The minimum Gasteiger partial charge on any atom is -0.462 e. The number of esters is 3. The fraction of sp³-hybridized carbons (Fsp3) is 0.764. The van der Waals surface area contributed by atoms with Gasteiger partial charge >= 0.3 is 17.9 Å². The number of carbonyl (C=O) groups excluding carboxylic acids is 3. The molecule has 0 saturated carbocycles. The normalized spacial score (nSPS) is 12.6. The Morgan fingerprint density at radius 3 is 0.846 bits per heavy atom. The summed E-state index contributed by atoms with van der Waals surface area (Å²) in [7, 11) is 0. The van der Waals surface area contributed by atoms with Crippen molar-refractivity contribution in [1.82, 2.24) is 0 Å². The SMILES string of the molecule is CC/C=C\C/C=C\C/C=C\C/C=C\C/C=C\C/C=C\CCCCCCCCCCC(=O)OCC(COC(=O)CCCCCCC/C=C\CCC)OC(=O)CCCCCCCCCCCCCCCCCCCCCCCCC. The lowest BCUT2D eigenvalue weighted by molar-refractivity contribution is -0.167. The lowest BCUT2D eigenvalue weighted by Gasteiger charge is -2.18. The summed E-state index contributed by atoms with van der Waals surface area (Å²) in [5.74, 6) is -0.883. The van der Waals surface area contributed by atoms with Crippen molar-refractivity contribution in [2.45, 2.75) is 341 Å². The van der Waals surface area contributed by atoms with E-state index >= 15 is 0 Å². The molecule has 0 aliphatic rings. The molecule has 0 saturated heterocycles. The molecule has 0 amide bonds. The predicted molar refractivity (Wildman–Crippen MR) is 339 cm³/mol. The van der Waals surface area contributed by atoms with E-state index in [1.54, 1.807) is 0 Å². The number of allylic oxidation sites excluding steroid dienone is 14. The number of rotatable bonds is 61. The summed E-state index contributed by atoms with van der Waals surface area (Å²) in [5.41, 5.74) is 0. The molecule has 6 nitrogen and oxygen atoms in total. The van der Waals surface area contributed by atoms with E-state index in [-0.39, 0.29) is 31.1 Å². The van der Waals surface area contributed by atoms with E-state index in [1.807, 2.05) is 0 Å². The van der Waals surface area contributed by atoms with E-state index in [0.717, 1.165) is 116 Å². The van der Waals surface area contributed by atoms with Crippen molar-refractivity contribution in [3.63, 3.8) is 0 Å². The van der Waals surface area contributed by atoms with Crippen LogP contribution in [0.25, 0.3) is 0 Å². The molecule has 0 rings (SSSR count). The number of hydrogen-bond acceptors (Lipinski definition) is 6. The first-order valence-corrected chi connectivity index (χ1v) is 33.6. The van der Waals surface area contributed by atoms with Crippen LogP contribution < -0.4 is 0 Å². The van der Waals surface area contributed by atoms with Crippen LogP contribution in [0.4, 0.5) is 0 Å². The van der Waals surface area contributed by atoms with Crippen molar-refractivity contribution in [2.75, 3.05) is 13.2 Å². The highest BCUT2D eigenvalue weighted by atomic mass is 16.6. The first kappa shape index (κ1) is 74.6. The zero-order valence-electron chi connectivity index (χ0n) is 51.7. The summed E-state index contributed by atoms with van der Waals surface area (Å²) in [6, 6.07) is 0. The van der Waals surface area contributed by atoms with Gasteiger partial charge in [-0.2, -0.15) is 0 Å². The summed E-state index contributed by atoms with van der Waals surface area (Å²) in [6.45, 7) is 6.49. The highest BCUT2D eigenvalue weighted by molar-refractivity contribution is 5.71. The second-order valence-electron chi connectivity index (χ2n) is 22.4. The molecule has 450 valence electrons. The molecule has 0 spiro atoms. The summed E-state index contributed by atoms with van der Waals surface area (Å²) < 4.78 is 16.9. The highest BCUT2D eigenvalue weighted by Crippen LogP contribution is 2.17. The van der Waals surface area contributed by atoms with Crippen LogP contribution in [-0.2, 0) is 28.6 Å². The lowest BCUT2D eigenvalue weighted by atomic mass is 10.0. The molecule has 0 N–H and O–H groups in total. The first-order valence-electron chi connectivity index (χ1n) is 33.6. The fourth-order valence-electron chi connectivity index (χ4n) is 9.63. The minimum absolute atomic E-state index is 0.0806. The van der Waals surface area contributed by atoms with Gasteiger partial charge in [0.05, 0.1) is 0 Å². The summed E-state index contributed by atoms with van der Waals surface area (Å²) in [5, 5.41) is 0. The standard InChI is InChI=1S/C72H126O6/c1-4-7-10-13-16-19-22-24-26-28-30-32-34-35-36-37-39-40-42-44-46-48-50-53-56-59-62-65-71(74)77-68-69(67-76-70(73)64-61-58-55-52-21-18-15-12-9-6-3)78-72(75)66-63-60-57-54-51-49-47-45-43-41-38-33-31-29-27-25-23-20-17-14-11-8-5-2/h7,10,12,15-16,19,24,26,30,32,35-36,39-40,69H,4-6,8-9,11,13-14,17-18,20-23,25,27-29,31,33-34,37-38,41-68H2,1-3H3/b10-7-,15-12-,19-16-,26-24-,32-30-,36-35-,40-39-. The van der Waals surface area contributed by atoms with Gasteiger partial charge in [-0.05, 0) is 89.9 Å². The van der Waals surface area contributed by atoms with E-state index in [0.29, 0.717) is 19.3 Å². The van der Waals surface area contributed by atoms with Crippen molar-refractivity contribution in [3.8, 4) is 0 Å². The van der Waals surface area contributed by atoms with Crippen molar-refractivity contribution in [3.05, 3.63) is 85.1 Å². The predicted octanol–water partition coefficient (Wildman–Crippen LogP) is 23.1. The van der Waals surface area contributed by atoms with Crippen LogP contribution in [0, 0.1) is 0 Å². The Balaban J connectivity index is 4.23. The average molecular weight is 1090 g/mol. The third-order valence-corrected chi connectivity index (χ3v) is 14.6. The van der Waals surface area contributed by atoms with Crippen molar-refractivity contribution >= 4 is 17.9 Å². The molecule has 0 heterocycles. The van der Waals surface area contributed by atoms with Crippen LogP contribution in [0.3, 0.4) is 0 Å². The van der Waals surface area contributed by atoms with Gasteiger partial charge in [-0.15, -0.1) is 0 Å². The van der Waals surface area contributed by atoms with Gasteiger partial charge in [-0.3, -0.25) is 14.4 Å². The molecular weight excluding hydrogens is 961 g/mol. The third kappa shape index (κ3) is 63.4. The van der Waals surface area contributed by atoms with Gasteiger partial charge in [0.15, 0.2) is 6.10 Å². The Morgan fingerprint density at radius 1 is 0.269 bits per heavy atom. The van der Waals surface area contributed by atoms with E-state index in [2.05, 4.69) is 106 Å². The maximum Gasteiger partial charge on any atom is 0.306 e. The monoisotopic (exact) mass is 1090 g/mol. The molecule has 1 atom stereocenters. The third-order valence-electron chi connectivity index (χ3n) is 14.6. The van der Waals surface area contributed by atoms with Crippen LogP contribution in [-0.4, -0.2) is 37.2 Å². The molecule has 6 heteroatoms. The molecule has 0 fully saturated rings. The van der Waals surface area contributed by atoms with Crippen LogP contribution in [0.5, 0.6) is 0 Å². The number of carbonyl (C=O) groups is 3. The van der Waals surface area contributed by atoms with E-state index in [9.17, 15) is 14.4 Å². The Labute approximate surface area is 484 Å². The maximum atomic E-state index is 12.9. The van der Waals surface area contributed by atoms with Gasteiger partial charge in [-0.25, -0.2) is 0 Å². The van der Waals surface area contributed by atoms with Crippen LogP contribution in [0.2, 0.25) is 0 Å². The summed E-state index contributed by atoms with van der Waals surface area (Å²) in [4.78, 5) is 38.3. The Morgan fingerprint density at radius 2 is 0.526 bits per heavy atom. The van der Waals surface area contributed by atoms with Gasteiger partial charge in [0.2, 0.25) is 0 Å². The van der Waals surface area contributed by atoms with E-state index in [4.69, 9.17) is 14.2 Å². The van der Waals surface area contributed by atoms with Crippen LogP contribution in [0.15, 0.2) is 85.1 Å². The zero-order valence-corrected chi connectivity index (χ0v) is 51.7. The van der Waals surface area contributed by atoms with Gasteiger partial charge in [-0.1, -0.05) is 311 Å². The van der Waals surface area contributed by atoms with Crippen molar-refractivity contribution in [2.24, 2.45) is 0 Å². The number of hydrogen-bond donors (Lipinski definition) is 0. The Kier molecular flexibility index (Phi) is 63.2. The molecule has 0 aromatic rings. The largest absolute Gasteiger partial charge is 0.462 e. The van der Waals surface area contributed by atoms with E-state index in [1.165, 1.54) is 180 Å². The second kappa shape index (κ2) is 66.1. The highest BCUT2D eigenvalue weighted by Gasteiger charge is 2.19. The van der Waals surface area contributed by atoms with Gasteiger partial charge in [0, 0.05) is 19.3 Å². The summed E-state index contributed by atoms with van der Waals surface area (Å²) in [6.07, 6.45) is 87.5. The molecule has 0 aliphatic carbocycles. The first-order chi connectivity index (χ1) is 38.5. The van der Waals surface area contributed by atoms with Crippen LogP contribution in [0.1, 0.15) is 335 Å². The quantitative estimate of drug-likeness (QED) is 0.0261. The van der Waals surface area contributed by atoms with Crippen molar-refractivity contribution in [1.29, 1.82) is 0 Å². The molecule has 0 aromatic carbocycles. The van der Waals surface area contributed by atoms with Crippen molar-refractivity contribution < 1.29 is 28.6 Å². The fourth-order valence-corrected chi connectivity index (χ4v) is 9.63. The van der Waals surface area contributed by atoms with Gasteiger partial charge < -0.3 is 14.2 Å². The molecule has 0 aromatic heterocycles. The van der Waals surface area contributed by atoms with Gasteiger partial charge in [0.1, 0.15) is 13.2 Å². The summed E-state index contributed by atoms with van der Waals surface area (Å²) >= 11 is 0.